The van der Waals surface area contributed by atoms with Crippen molar-refractivity contribution in [3.8, 4) is 22.4 Å². The van der Waals surface area contributed by atoms with Crippen molar-refractivity contribution in [2.75, 3.05) is 0 Å². The normalized spacial score (nSPS) is 15.3. The molecule has 0 amide bonds. The zero-order chi connectivity index (χ0) is 16.2. The van der Waals surface area contributed by atoms with E-state index in [-0.39, 0.29) is 0 Å². The molecule has 1 nitrogen and oxygen atoms in total. The number of nitrogens with zero attached hydrogens (tertiary/aromatic N) is 1. The third-order valence-corrected chi connectivity index (χ3v) is 5.13. The number of aromatic nitrogens is 1. The minimum Gasteiger partial charge on any atom is -0.256 e. The Balaban J connectivity index is 1.59. The van der Waals surface area contributed by atoms with Gasteiger partial charge in [-0.1, -0.05) is 79.9 Å². The Bertz CT molecular complexity index is 784. The summed E-state index contributed by atoms with van der Waals surface area (Å²) >= 11 is 0. The monoisotopic (exact) mass is 313 g/mol. The first kappa shape index (κ1) is 15.1. The molecule has 0 N–H and O–H groups in total. The maximum atomic E-state index is 4.67. The van der Waals surface area contributed by atoms with E-state index in [9.17, 15) is 0 Å². The molecule has 1 saturated carbocycles. The zero-order valence-electron chi connectivity index (χ0n) is 14.0. The highest BCUT2D eigenvalue weighted by atomic mass is 14.7. The van der Waals surface area contributed by atoms with Gasteiger partial charge in [-0.25, -0.2) is 0 Å². The van der Waals surface area contributed by atoms with Crippen LogP contribution in [0.4, 0.5) is 0 Å². The molecule has 1 aliphatic carbocycles. The van der Waals surface area contributed by atoms with Crippen LogP contribution in [0.1, 0.15) is 43.6 Å². The van der Waals surface area contributed by atoms with Gasteiger partial charge in [-0.2, -0.15) is 0 Å². The van der Waals surface area contributed by atoms with Gasteiger partial charge in [0.2, 0.25) is 0 Å². The predicted octanol–water partition coefficient (Wildman–Crippen LogP) is 6.46. The van der Waals surface area contributed by atoms with E-state index >= 15 is 0 Å². The Labute approximate surface area is 144 Å². The summed E-state index contributed by atoms with van der Waals surface area (Å²) < 4.78 is 0. The Kier molecular flexibility index (Phi) is 4.42. The lowest BCUT2D eigenvalue weighted by Gasteiger charge is -2.22. The van der Waals surface area contributed by atoms with Crippen molar-refractivity contribution in [2.45, 2.75) is 38.0 Å². The van der Waals surface area contributed by atoms with Gasteiger partial charge in [0.25, 0.3) is 0 Å². The largest absolute Gasteiger partial charge is 0.256 e. The molecule has 120 valence electrons. The maximum Gasteiger partial charge on any atom is 0.0702 e. The van der Waals surface area contributed by atoms with Gasteiger partial charge in [0.05, 0.1) is 5.69 Å². The zero-order valence-corrected chi connectivity index (χ0v) is 14.0. The van der Waals surface area contributed by atoms with E-state index in [1.54, 1.807) is 0 Å². The fourth-order valence-electron chi connectivity index (χ4n) is 3.75. The number of rotatable bonds is 3. The van der Waals surface area contributed by atoms with E-state index in [4.69, 9.17) is 0 Å². The second-order valence-corrected chi connectivity index (χ2v) is 6.76. The van der Waals surface area contributed by atoms with Crippen LogP contribution >= 0.6 is 0 Å². The van der Waals surface area contributed by atoms with Crippen molar-refractivity contribution in [1.82, 2.24) is 4.98 Å². The van der Waals surface area contributed by atoms with E-state index in [1.165, 1.54) is 54.4 Å². The Hall–Kier alpha value is -2.41. The highest BCUT2D eigenvalue weighted by Crippen LogP contribution is 2.34. The summed E-state index contributed by atoms with van der Waals surface area (Å²) in [6.45, 7) is 0. The number of hydrogen-bond acceptors (Lipinski definition) is 1. The van der Waals surface area contributed by atoms with E-state index in [2.05, 4.69) is 65.6 Å². The molecule has 1 aromatic heterocycles. The summed E-state index contributed by atoms with van der Waals surface area (Å²) in [7, 11) is 0. The lowest BCUT2D eigenvalue weighted by molar-refractivity contribution is 0.444. The lowest BCUT2D eigenvalue weighted by Crippen LogP contribution is -2.04. The number of hydrogen-bond donors (Lipinski definition) is 0. The summed E-state index contributed by atoms with van der Waals surface area (Å²) in [5.74, 6) is 0.746. The molecule has 1 aliphatic rings. The third-order valence-electron chi connectivity index (χ3n) is 5.13. The Morgan fingerprint density at radius 1 is 0.667 bits per heavy atom. The molecule has 3 aromatic rings. The van der Waals surface area contributed by atoms with Gasteiger partial charge in [-0.05, 0) is 36.0 Å². The minimum atomic E-state index is 0.746. The molecule has 0 bridgehead atoms. The summed E-state index contributed by atoms with van der Waals surface area (Å²) in [4.78, 5) is 4.67. The molecule has 0 spiro atoms. The van der Waals surface area contributed by atoms with Crippen LogP contribution in [0.5, 0.6) is 0 Å². The van der Waals surface area contributed by atoms with Crippen LogP contribution in [0.3, 0.4) is 0 Å². The first-order chi connectivity index (χ1) is 11.9. The topological polar surface area (TPSA) is 12.9 Å². The average Bonchev–Trinajstić information content (AvgIpc) is 2.70. The maximum absolute atomic E-state index is 4.67. The predicted molar refractivity (Wildman–Crippen MR) is 101 cm³/mol. The van der Waals surface area contributed by atoms with Crippen molar-refractivity contribution >= 4 is 0 Å². The summed E-state index contributed by atoms with van der Waals surface area (Å²) in [5.41, 5.74) is 6.18. The smallest absolute Gasteiger partial charge is 0.0702 e. The van der Waals surface area contributed by atoms with Crippen LogP contribution in [0, 0.1) is 0 Å². The van der Waals surface area contributed by atoms with Gasteiger partial charge in [0.1, 0.15) is 0 Å². The van der Waals surface area contributed by atoms with Gasteiger partial charge in [0, 0.05) is 17.3 Å². The molecule has 0 atom stereocenters. The van der Waals surface area contributed by atoms with Crippen LogP contribution in [0.25, 0.3) is 22.4 Å². The Morgan fingerprint density at radius 3 is 2.21 bits per heavy atom. The van der Waals surface area contributed by atoms with Crippen LogP contribution in [0.2, 0.25) is 0 Å². The summed E-state index contributed by atoms with van der Waals surface area (Å²) in [6, 6.07) is 23.7. The molecule has 0 radical (unpaired) electrons. The lowest BCUT2D eigenvalue weighted by atomic mass is 9.83. The SMILES string of the molecule is c1ccc(-c2ccc(-c3cccc(C4CCCCC4)c3)cn2)cc1. The quantitative estimate of drug-likeness (QED) is 0.540. The molecule has 2 aromatic carbocycles. The van der Waals surface area contributed by atoms with Gasteiger partial charge < -0.3 is 0 Å². The molecule has 0 saturated heterocycles. The Morgan fingerprint density at radius 2 is 1.46 bits per heavy atom. The second kappa shape index (κ2) is 7.00. The van der Waals surface area contributed by atoms with Crippen LogP contribution in [-0.4, -0.2) is 4.98 Å². The van der Waals surface area contributed by atoms with E-state index in [0.29, 0.717) is 0 Å². The minimum absolute atomic E-state index is 0.746. The van der Waals surface area contributed by atoms with Crippen molar-refractivity contribution in [3.63, 3.8) is 0 Å². The standard InChI is InChI=1S/C23H23N/c1-3-8-18(9-4-1)20-12-7-13-21(16-20)22-14-15-23(24-17-22)19-10-5-2-6-11-19/h2,5-7,10-18H,1,3-4,8-9H2. The van der Waals surface area contributed by atoms with Crippen LogP contribution < -0.4 is 0 Å². The molecule has 4 rings (SSSR count). The first-order valence-corrected chi connectivity index (χ1v) is 9.02. The second-order valence-electron chi connectivity index (χ2n) is 6.76. The molecule has 1 fully saturated rings. The van der Waals surface area contributed by atoms with Crippen molar-refractivity contribution in [2.24, 2.45) is 0 Å². The van der Waals surface area contributed by atoms with E-state index in [0.717, 1.165) is 11.6 Å². The molecule has 0 unspecified atom stereocenters. The van der Waals surface area contributed by atoms with Gasteiger partial charge in [-0.15, -0.1) is 0 Å². The fraction of sp³-hybridized carbons (Fsp3) is 0.261. The molecular formula is C23H23N. The van der Waals surface area contributed by atoms with Crippen LogP contribution in [-0.2, 0) is 0 Å². The number of pyridine rings is 1. The third kappa shape index (κ3) is 3.26. The van der Waals surface area contributed by atoms with Gasteiger partial charge in [-0.3, -0.25) is 4.98 Å². The molecule has 24 heavy (non-hydrogen) atoms. The highest BCUT2D eigenvalue weighted by molar-refractivity contribution is 5.67. The van der Waals surface area contributed by atoms with Crippen molar-refractivity contribution in [3.05, 3.63) is 78.5 Å². The van der Waals surface area contributed by atoms with Crippen molar-refractivity contribution < 1.29 is 0 Å². The van der Waals surface area contributed by atoms with Crippen LogP contribution in [0.15, 0.2) is 72.9 Å². The summed E-state index contributed by atoms with van der Waals surface area (Å²) in [5, 5.41) is 0. The van der Waals surface area contributed by atoms with Crippen molar-refractivity contribution in [1.29, 1.82) is 0 Å². The van der Waals surface area contributed by atoms with Gasteiger partial charge in [0.15, 0.2) is 0 Å². The fourth-order valence-corrected chi connectivity index (χ4v) is 3.75. The van der Waals surface area contributed by atoms with Gasteiger partial charge >= 0.3 is 0 Å². The molecule has 1 heteroatoms. The van der Waals surface area contributed by atoms with E-state index in [1.807, 2.05) is 12.3 Å². The first-order valence-electron chi connectivity index (χ1n) is 9.02. The van der Waals surface area contributed by atoms with E-state index < -0.39 is 0 Å². The summed E-state index contributed by atoms with van der Waals surface area (Å²) in [6.07, 6.45) is 8.84. The number of benzene rings is 2. The highest BCUT2D eigenvalue weighted by Gasteiger charge is 2.15. The molecule has 0 aliphatic heterocycles. The molecular weight excluding hydrogens is 290 g/mol. The average molecular weight is 313 g/mol. The molecule has 1 heterocycles.